The molecule has 0 saturated heterocycles. The standard InChI is InChI=1S/C4H8N2/c1-6-4-2-3-5/h6H,3,5H2,1H3. The molecule has 0 heterocycles. The van der Waals surface area contributed by atoms with Crippen LogP contribution >= 0.6 is 0 Å². The molecule has 0 rings (SSSR count). The quantitative estimate of drug-likeness (QED) is 0.295. The average molecular weight is 84.1 g/mol. The first-order valence-corrected chi connectivity index (χ1v) is 1.76. The van der Waals surface area contributed by atoms with E-state index in [0.29, 0.717) is 6.54 Å². The van der Waals surface area contributed by atoms with Crippen molar-refractivity contribution in [1.82, 2.24) is 5.32 Å². The summed E-state index contributed by atoms with van der Waals surface area (Å²) in [5.41, 5.74) is 5.00. The Bertz CT molecular complexity index is 59.4. The molecule has 34 valence electrons. The maximum absolute atomic E-state index is 5.00. The molecule has 0 bridgehead atoms. The molecule has 0 fully saturated rings. The van der Waals surface area contributed by atoms with Gasteiger partial charge >= 0.3 is 0 Å². The number of nitrogens with two attached hydrogens (primary N) is 1. The zero-order valence-electron chi connectivity index (χ0n) is 3.78. The Morgan fingerprint density at radius 3 is 2.67 bits per heavy atom. The van der Waals surface area contributed by atoms with E-state index in [2.05, 4.69) is 17.3 Å². The zero-order valence-corrected chi connectivity index (χ0v) is 3.78. The van der Waals surface area contributed by atoms with Gasteiger partial charge < -0.3 is 11.1 Å². The summed E-state index contributed by atoms with van der Waals surface area (Å²) in [6, 6.07) is 2.57. The predicted octanol–water partition coefficient (Wildman–Crippen LogP) is -0.875. The van der Waals surface area contributed by atoms with Gasteiger partial charge in [0.15, 0.2) is 0 Å². The summed E-state index contributed by atoms with van der Waals surface area (Å²) >= 11 is 0. The van der Waals surface area contributed by atoms with E-state index in [9.17, 15) is 0 Å². The highest BCUT2D eigenvalue weighted by Gasteiger charge is 1.52. The molecule has 0 aromatic carbocycles. The van der Waals surface area contributed by atoms with Gasteiger partial charge in [0.05, 0.1) is 6.54 Å². The first-order chi connectivity index (χ1) is 2.91. The summed E-state index contributed by atoms with van der Waals surface area (Å²) in [7, 11) is 1.75. The molecular weight excluding hydrogens is 76.1 g/mol. The van der Waals surface area contributed by atoms with Crippen molar-refractivity contribution in [1.29, 1.82) is 0 Å². The molecule has 0 radical (unpaired) electrons. The van der Waals surface area contributed by atoms with Gasteiger partial charge in [-0.25, -0.2) is 0 Å². The third-order valence-electron chi connectivity index (χ3n) is 0.315. The molecule has 6 heavy (non-hydrogen) atoms. The van der Waals surface area contributed by atoms with Gasteiger partial charge in [0, 0.05) is 13.1 Å². The minimum atomic E-state index is 0.431. The Morgan fingerprint density at radius 2 is 2.50 bits per heavy atom. The van der Waals surface area contributed by atoms with E-state index in [0.717, 1.165) is 0 Å². The second-order valence-corrected chi connectivity index (χ2v) is 0.756. The lowest BCUT2D eigenvalue weighted by molar-refractivity contribution is 1.15. The van der Waals surface area contributed by atoms with Crippen LogP contribution in [0.4, 0.5) is 0 Å². The normalized spacial score (nSPS) is 5.67. The van der Waals surface area contributed by atoms with Crippen LogP contribution in [0.15, 0.2) is 0 Å². The molecule has 3 N–H and O–H groups in total. The first kappa shape index (κ1) is 5.32. The second-order valence-electron chi connectivity index (χ2n) is 0.756. The van der Waals surface area contributed by atoms with E-state index in [4.69, 9.17) is 5.73 Å². The zero-order chi connectivity index (χ0) is 4.83. The van der Waals surface area contributed by atoms with Crippen LogP contribution in [0, 0.1) is 12.0 Å². The Labute approximate surface area is 37.7 Å². The van der Waals surface area contributed by atoms with Crippen molar-refractivity contribution in [3.05, 3.63) is 0 Å². The van der Waals surface area contributed by atoms with E-state index in [1.54, 1.807) is 7.05 Å². The number of rotatable bonds is 0. The number of hydrogen-bond donors (Lipinski definition) is 2. The maximum atomic E-state index is 5.00. The van der Waals surface area contributed by atoms with Gasteiger partial charge in [-0.2, -0.15) is 0 Å². The third kappa shape index (κ3) is 3.32. The van der Waals surface area contributed by atoms with Gasteiger partial charge in [0.1, 0.15) is 0 Å². The van der Waals surface area contributed by atoms with Gasteiger partial charge in [-0.3, -0.25) is 0 Å². The van der Waals surface area contributed by atoms with Crippen molar-refractivity contribution in [2.24, 2.45) is 5.73 Å². The first-order valence-electron chi connectivity index (χ1n) is 1.76. The lowest BCUT2D eigenvalue weighted by Gasteiger charge is -1.72. The van der Waals surface area contributed by atoms with E-state index in [1.807, 2.05) is 0 Å². The van der Waals surface area contributed by atoms with E-state index < -0.39 is 0 Å². The highest BCUT2D eigenvalue weighted by molar-refractivity contribution is 4.96. The monoisotopic (exact) mass is 84.1 g/mol. The van der Waals surface area contributed by atoms with Gasteiger partial charge in [0.2, 0.25) is 0 Å². The summed E-state index contributed by atoms with van der Waals surface area (Å²) < 4.78 is 0. The van der Waals surface area contributed by atoms with Crippen LogP contribution < -0.4 is 11.1 Å². The number of nitrogens with one attached hydrogen (secondary N) is 1. The Hall–Kier alpha value is -0.680. The van der Waals surface area contributed by atoms with Gasteiger partial charge in [0.25, 0.3) is 0 Å². The van der Waals surface area contributed by atoms with Crippen LogP contribution in [0.1, 0.15) is 0 Å². The van der Waals surface area contributed by atoms with Crippen molar-refractivity contribution in [3.63, 3.8) is 0 Å². The van der Waals surface area contributed by atoms with Crippen molar-refractivity contribution in [2.75, 3.05) is 13.6 Å². The van der Waals surface area contributed by atoms with Crippen LogP contribution in [0.2, 0.25) is 0 Å². The average Bonchev–Trinajstić information content (AvgIpc) is 1.61. The molecule has 2 heteroatoms. The van der Waals surface area contributed by atoms with Crippen LogP contribution in [0.5, 0.6) is 0 Å². The molecule has 0 spiro atoms. The fraction of sp³-hybridized carbons (Fsp3) is 0.500. The van der Waals surface area contributed by atoms with Crippen LogP contribution in [-0.4, -0.2) is 13.6 Å². The van der Waals surface area contributed by atoms with Gasteiger partial charge in [-0.15, -0.1) is 0 Å². The minimum absolute atomic E-state index is 0.431. The lowest BCUT2D eigenvalue weighted by atomic mass is 10.7. The van der Waals surface area contributed by atoms with E-state index in [-0.39, 0.29) is 0 Å². The topological polar surface area (TPSA) is 38.0 Å². The predicted molar refractivity (Wildman–Crippen MR) is 25.9 cm³/mol. The molecular formula is C4H8N2. The van der Waals surface area contributed by atoms with E-state index in [1.165, 1.54) is 0 Å². The van der Waals surface area contributed by atoms with Crippen molar-refractivity contribution >= 4 is 0 Å². The van der Waals surface area contributed by atoms with Gasteiger partial charge in [-0.05, 0) is 0 Å². The summed E-state index contributed by atoms with van der Waals surface area (Å²) in [6.45, 7) is 0.431. The Balaban J connectivity index is 2.90. The molecule has 0 saturated carbocycles. The molecule has 0 amide bonds. The van der Waals surface area contributed by atoms with Crippen LogP contribution in [-0.2, 0) is 0 Å². The second kappa shape index (κ2) is 4.32. The molecule has 0 aliphatic carbocycles. The maximum Gasteiger partial charge on any atom is 0.0569 e. The Morgan fingerprint density at radius 1 is 1.83 bits per heavy atom. The highest BCUT2D eigenvalue weighted by atomic mass is 14.8. The van der Waals surface area contributed by atoms with Crippen molar-refractivity contribution in [2.45, 2.75) is 0 Å². The highest BCUT2D eigenvalue weighted by Crippen LogP contribution is 1.37. The fourth-order valence-electron chi connectivity index (χ4n) is 0.139. The van der Waals surface area contributed by atoms with Gasteiger partial charge in [-0.1, -0.05) is 5.92 Å². The lowest BCUT2D eigenvalue weighted by Crippen LogP contribution is -1.98. The molecule has 0 aliphatic heterocycles. The molecule has 0 aliphatic rings. The summed E-state index contributed by atoms with van der Waals surface area (Å²) in [6.07, 6.45) is 0. The molecule has 0 unspecified atom stereocenters. The largest absolute Gasteiger partial charge is 0.349 e. The minimum Gasteiger partial charge on any atom is -0.349 e. The third-order valence-corrected chi connectivity index (χ3v) is 0.315. The summed E-state index contributed by atoms with van der Waals surface area (Å²) in [4.78, 5) is 0. The summed E-state index contributed by atoms with van der Waals surface area (Å²) in [5.74, 6) is 2.61. The van der Waals surface area contributed by atoms with Crippen molar-refractivity contribution < 1.29 is 0 Å². The van der Waals surface area contributed by atoms with E-state index >= 15 is 0 Å². The molecule has 2 nitrogen and oxygen atoms in total. The molecule has 0 aromatic rings. The SMILES string of the molecule is CNC#CCN. The Kier molecular flexibility index (Phi) is 3.83. The fourth-order valence-corrected chi connectivity index (χ4v) is 0.139. The van der Waals surface area contributed by atoms with Crippen molar-refractivity contribution in [3.8, 4) is 12.0 Å². The van der Waals surface area contributed by atoms with Crippen LogP contribution in [0.3, 0.4) is 0 Å². The smallest absolute Gasteiger partial charge is 0.0569 e. The number of hydrogen-bond acceptors (Lipinski definition) is 2. The van der Waals surface area contributed by atoms with Crippen LogP contribution in [0.25, 0.3) is 0 Å². The summed E-state index contributed by atoms with van der Waals surface area (Å²) in [5, 5.41) is 2.63. The molecule has 0 aromatic heterocycles. The molecule has 0 atom stereocenters.